The van der Waals surface area contributed by atoms with Crippen LogP contribution in [0.1, 0.15) is 57.3 Å². The van der Waals surface area contributed by atoms with Gasteiger partial charge >= 0.3 is 0 Å². The molecule has 0 aromatic carbocycles. The van der Waals surface area contributed by atoms with Gasteiger partial charge in [0.15, 0.2) is 0 Å². The largest absolute Gasteiger partial charge is 1.00 e. The second-order valence-corrected chi connectivity index (χ2v) is 6.91. The van der Waals surface area contributed by atoms with Crippen LogP contribution < -0.4 is 29.2 Å². The lowest BCUT2D eigenvalue weighted by molar-refractivity contribution is -0.136. The maximum atomic E-state index is 13.0. The molecule has 3 atom stereocenters. The van der Waals surface area contributed by atoms with Crippen LogP contribution in [0.5, 0.6) is 0 Å². The number of nitrogens with one attached hydrogen (secondary N) is 1. The maximum Gasteiger partial charge on any atom is 0.247 e. The molecule has 1 unspecified atom stereocenters. The van der Waals surface area contributed by atoms with E-state index in [1.54, 1.807) is 4.68 Å². The highest BCUT2D eigenvalue weighted by atomic mass is 35.5. The number of hydrogen-bond acceptors (Lipinski definition) is 6. The third kappa shape index (κ3) is 5.90. The van der Waals surface area contributed by atoms with Gasteiger partial charge in [0.05, 0.1) is 17.9 Å². The van der Waals surface area contributed by atoms with Crippen LogP contribution in [-0.2, 0) is 4.79 Å². The predicted octanol–water partition coefficient (Wildman–Crippen LogP) is -2.57. The molecule has 1 saturated heterocycles. The standard InChI is InChI=1S/C17H33N7O.ClH/c1-3-13(2)16(19)14-12-24(22-21-14)15(6-4-5-7-18)17(25)23-10-8-20-9-11-23;/h12-13,15-16,20H,3-11,18-19H2,1-2H3;1H/p-1/t13?,15-,16-;/m0./s1. The molecule has 26 heavy (non-hydrogen) atoms. The van der Waals surface area contributed by atoms with Crippen molar-refractivity contribution in [3.63, 3.8) is 0 Å². The summed E-state index contributed by atoms with van der Waals surface area (Å²) in [7, 11) is 0. The Balaban J connectivity index is 0.00000338. The minimum absolute atomic E-state index is 0. The summed E-state index contributed by atoms with van der Waals surface area (Å²) in [5, 5.41) is 11.8. The Hall–Kier alpha value is -1.22. The molecule has 0 saturated carbocycles. The van der Waals surface area contributed by atoms with Crippen molar-refractivity contribution in [1.82, 2.24) is 25.2 Å². The van der Waals surface area contributed by atoms with Gasteiger partial charge in [-0.15, -0.1) is 5.10 Å². The number of halogens is 1. The summed E-state index contributed by atoms with van der Waals surface area (Å²) in [5.74, 6) is 0.441. The summed E-state index contributed by atoms with van der Waals surface area (Å²) in [6.45, 7) is 7.99. The molecular weight excluding hydrogens is 354 g/mol. The molecule has 0 radical (unpaired) electrons. The van der Waals surface area contributed by atoms with Gasteiger partial charge in [-0.1, -0.05) is 25.5 Å². The fourth-order valence-electron chi connectivity index (χ4n) is 3.09. The van der Waals surface area contributed by atoms with E-state index in [0.717, 1.165) is 57.6 Å². The molecule has 150 valence electrons. The fourth-order valence-corrected chi connectivity index (χ4v) is 3.09. The zero-order chi connectivity index (χ0) is 18.2. The molecule has 1 aromatic heterocycles. The molecule has 0 aliphatic carbocycles. The minimum atomic E-state index is -0.324. The number of carbonyl (C=O) groups excluding carboxylic acids is 1. The number of unbranched alkanes of at least 4 members (excludes halogenated alkanes) is 1. The Morgan fingerprint density at radius 1 is 1.35 bits per heavy atom. The SMILES string of the molecule is CCC(C)[C@H](N)c1cn([C@@H](CCCCN)C(=O)N2CCNCC2)nn1.[Cl-]. The molecule has 1 amide bonds. The number of aromatic nitrogens is 3. The highest BCUT2D eigenvalue weighted by Crippen LogP contribution is 2.23. The van der Waals surface area contributed by atoms with Gasteiger partial charge in [-0.25, -0.2) is 4.68 Å². The molecule has 5 N–H and O–H groups in total. The highest BCUT2D eigenvalue weighted by Gasteiger charge is 2.28. The maximum absolute atomic E-state index is 13.0. The van der Waals surface area contributed by atoms with E-state index in [0.29, 0.717) is 12.5 Å². The monoisotopic (exact) mass is 386 g/mol. The van der Waals surface area contributed by atoms with Crippen LogP contribution in [0, 0.1) is 5.92 Å². The van der Waals surface area contributed by atoms with E-state index >= 15 is 0 Å². The molecule has 1 fully saturated rings. The van der Waals surface area contributed by atoms with Crippen molar-refractivity contribution in [1.29, 1.82) is 0 Å². The van der Waals surface area contributed by atoms with Gasteiger partial charge in [0, 0.05) is 26.2 Å². The van der Waals surface area contributed by atoms with Crippen molar-refractivity contribution in [2.75, 3.05) is 32.7 Å². The normalized spacial score (nSPS) is 18.1. The van der Waals surface area contributed by atoms with Gasteiger partial charge in [-0.2, -0.15) is 0 Å². The topological polar surface area (TPSA) is 115 Å². The number of nitrogens with two attached hydrogens (primary N) is 2. The van der Waals surface area contributed by atoms with Gasteiger partial charge in [0.2, 0.25) is 5.91 Å². The van der Waals surface area contributed by atoms with Crippen LogP contribution in [0.4, 0.5) is 0 Å². The summed E-state index contributed by atoms with van der Waals surface area (Å²) < 4.78 is 1.71. The summed E-state index contributed by atoms with van der Waals surface area (Å²) in [5.41, 5.74) is 12.6. The van der Waals surface area contributed by atoms with Crippen molar-refractivity contribution in [3.05, 3.63) is 11.9 Å². The van der Waals surface area contributed by atoms with E-state index < -0.39 is 0 Å². The Morgan fingerprint density at radius 3 is 2.65 bits per heavy atom. The zero-order valence-electron chi connectivity index (χ0n) is 15.9. The molecule has 1 aliphatic heterocycles. The van der Waals surface area contributed by atoms with Crippen molar-refractivity contribution in [2.24, 2.45) is 17.4 Å². The van der Waals surface area contributed by atoms with Gasteiger partial charge in [0.1, 0.15) is 6.04 Å². The summed E-state index contributed by atoms with van der Waals surface area (Å²) >= 11 is 0. The Bertz CT molecular complexity index is 533. The van der Waals surface area contributed by atoms with E-state index in [2.05, 4.69) is 29.5 Å². The van der Waals surface area contributed by atoms with Gasteiger partial charge in [0.25, 0.3) is 0 Å². The van der Waals surface area contributed by atoms with Crippen molar-refractivity contribution >= 4 is 5.91 Å². The van der Waals surface area contributed by atoms with E-state index in [4.69, 9.17) is 11.5 Å². The highest BCUT2D eigenvalue weighted by molar-refractivity contribution is 5.80. The Labute approximate surface area is 162 Å². The van der Waals surface area contributed by atoms with Crippen LogP contribution in [0.15, 0.2) is 6.20 Å². The predicted molar refractivity (Wildman–Crippen MR) is 97.8 cm³/mol. The minimum Gasteiger partial charge on any atom is -1.00 e. The molecule has 1 aromatic rings. The molecule has 2 heterocycles. The van der Waals surface area contributed by atoms with Gasteiger partial charge < -0.3 is 34.1 Å². The molecular formula is C17H33ClN7O-. The Kier molecular flexibility index (Phi) is 10.1. The number of carbonyl (C=O) groups is 1. The summed E-state index contributed by atoms with van der Waals surface area (Å²) in [6.07, 6.45) is 5.35. The van der Waals surface area contributed by atoms with Crippen LogP contribution in [0.3, 0.4) is 0 Å². The summed E-state index contributed by atoms with van der Waals surface area (Å²) in [6, 6.07) is -0.479. The summed E-state index contributed by atoms with van der Waals surface area (Å²) in [4.78, 5) is 14.9. The van der Waals surface area contributed by atoms with E-state index in [9.17, 15) is 4.79 Å². The third-order valence-electron chi connectivity index (χ3n) is 5.09. The van der Waals surface area contributed by atoms with Crippen molar-refractivity contribution < 1.29 is 17.2 Å². The second kappa shape index (κ2) is 11.5. The number of amides is 1. The first-order valence-corrected chi connectivity index (χ1v) is 9.45. The zero-order valence-corrected chi connectivity index (χ0v) is 16.7. The molecule has 9 heteroatoms. The molecule has 8 nitrogen and oxygen atoms in total. The van der Waals surface area contributed by atoms with Gasteiger partial charge in [-0.3, -0.25) is 4.79 Å². The molecule has 0 spiro atoms. The van der Waals surface area contributed by atoms with Gasteiger partial charge in [-0.05, 0) is 31.7 Å². The van der Waals surface area contributed by atoms with Crippen LogP contribution in [0.25, 0.3) is 0 Å². The van der Waals surface area contributed by atoms with E-state index in [-0.39, 0.29) is 30.4 Å². The lowest BCUT2D eigenvalue weighted by Gasteiger charge is -2.30. The first-order valence-electron chi connectivity index (χ1n) is 9.45. The second-order valence-electron chi connectivity index (χ2n) is 6.91. The number of hydrogen-bond donors (Lipinski definition) is 3. The quantitative estimate of drug-likeness (QED) is 0.402. The van der Waals surface area contributed by atoms with Crippen LogP contribution in [0.2, 0.25) is 0 Å². The number of rotatable bonds is 9. The average molecular weight is 387 g/mol. The third-order valence-corrected chi connectivity index (χ3v) is 5.09. The van der Waals surface area contributed by atoms with Crippen LogP contribution in [-0.4, -0.2) is 58.5 Å². The van der Waals surface area contributed by atoms with Crippen molar-refractivity contribution in [3.8, 4) is 0 Å². The fraction of sp³-hybridized carbons (Fsp3) is 0.824. The van der Waals surface area contributed by atoms with Crippen molar-refractivity contribution in [2.45, 2.75) is 51.6 Å². The molecule has 2 rings (SSSR count). The average Bonchev–Trinajstić information content (AvgIpc) is 3.14. The Morgan fingerprint density at radius 2 is 2.04 bits per heavy atom. The first-order chi connectivity index (χ1) is 12.1. The lowest BCUT2D eigenvalue weighted by atomic mass is 9.98. The molecule has 0 bridgehead atoms. The van der Waals surface area contributed by atoms with E-state index in [1.165, 1.54) is 0 Å². The van der Waals surface area contributed by atoms with E-state index in [1.807, 2.05) is 11.1 Å². The first kappa shape index (κ1) is 22.8. The lowest BCUT2D eigenvalue weighted by Crippen LogP contribution is -3.00. The van der Waals surface area contributed by atoms with Crippen LogP contribution >= 0.6 is 0 Å². The smallest absolute Gasteiger partial charge is 0.247 e. The number of nitrogens with zero attached hydrogens (tertiary/aromatic N) is 4. The number of piperazine rings is 1. The molecule has 1 aliphatic rings.